The molecule has 19 heavy (non-hydrogen) atoms. The molecule has 0 saturated carbocycles. The summed E-state index contributed by atoms with van der Waals surface area (Å²) in [6.07, 6.45) is 7.87. The van der Waals surface area contributed by atoms with Gasteiger partial charge in [-0.25, -0.2) is 0 Å². The number of fused-ring (bicyclic) bond motifs is 3. The lowest BCUT2D eigenvalue weighted by Crippen LogP contribution is -1.90. The van der Waals surface area contributed by atoms with Gasteiger partial charge < -0.3 is 0 Å². The third kappa shape index (κ3) is 1.84. The van der Waals surface area contributed by atoms with Gasteiger partial charge in [0, 0.05) is 22.5 Å². The van der Waals surface area contributed by atoms with Crippen molar-refractivity contribution < 1.29 is 0 Å². The van der Waals surface area contributed by atoms with E-state index in [1.54, 1.807) is 0 Å². The summed E-state index contributed by atoms with van der Waals surface area (Å²) < 4.78 is 0. The van der Waals surface area contributed by atoms with Crippen molar-refractivity contribution in [1.29, 1.82) is 0 Å². The van der Waals surface area contributed by atoms with Gasteiger partial charge in [0.1, 0.15) is 0 Å². The summed E-state index contributed by atoms with van der Waals surface area (Å²) in [5, 5.41) is 4.89. The molecular weight excluding hydrogens is 230 g/mol. The van der Waals surface area contributed by atoms with Crippen LogP contribution in [0.1, 0.15) is 18.2 Å². The lowest BCUT2D eigenvalue weighted by Gasteiger charge is -2.09. The van der Waals surface area contributed by atoms with E-state index in [1.165, 1.54) is 16.2 Å². The van der Waals surface area contributed by atoms with Crippen LogP contribution in [0.4, 0.5) is 0 Å². The van der Waals surface area contributed by atoms with Gasteiger partial charge in [-0.15, -0.1) is 0 Å². The zero-order valence-corrected chi connectivity index (χ0v) is 10.9. The van der Waals surface area contributed by atoms with Crippen LogP contribution >= 0.6 is 0 Å². The van der Waals surface area contributed by atoms with E-state index < -0.39 is 0 Å². The van der Waals surface area contributed by atoms with Crippen LogP contribution in [0.25, 0.3) is 33.7 Å². The molecule has 0 bridgehead atoms. The molecule has 0 amide bonds. The van der Waals surface area contributed by atoms with Gasteiger partial charge in [-0.1, -0.05) is 55.1 Å². The highest BCUT2D eigenvalue weighted by atomic mass is 14.7. The first kappa shape index (κ1) is 11.7. The number of hydrogen-bond acceptors (Lipinski definition) is 1. The van der Waals surface area contributed by atoms with E-state index in [4.69, 9.17) is 0 Å². The number of benzene rings is 2. The summed E-state index contributed by atoms with van der Waals surface area (Å²) in [6.45, 7) is 5.96. The molecule has 0 aliphatic carbocycles. The van der Waals surface area contributed by atoms with Crippen LogP contribution in [0, 0.1) is 0 Å². The van der Waals surface area contributed by atoms with Crippen molar-refractivity contribution in [3.8, 4) is 0 Å². The SMILES string of the molecule is C=Cc1c(/C=C\C)ncc2ccc3ccccc3c12. The molecule has 3 rings (SSSR count). The third-order valence-electron chi connectivity index (χ3n) is 3.38. The molecule has 0 spiro atoms. The van der Waals surface area contributed by atoms with Crippen LogP contribution in [0.5, 0.6) is 0 Å². The molecule has 0 fully saturated rings. The Labute approximate surface area is 112 Å². The number of pyridine rings is 1. The Morgan fingerprint density at radius 1 is 1.05 bits per heavy atom. The average Bonchev–Trinajstić information content (AvgIpc) is 2.47. The van der Waals surface area contributed by atoms with Gasteiger partial charge in [0.2, 0.25) is 0 Å². The van der Waals surface area contributed by atoms with Crippen LogP contribution in [-0.2, 0) is 0 Å². The second-order valence-electron chi connectivity index (χ2n) is 4.51. The lowest BCUT2D eigenvalue weighted by molar-refractivity contribution is 1.32. The molecule has 1 nitrogen and oxygen atoms in total. The maximum absolute atomic E-state index is 4.52. The molecule has 1 heterocycles. The fourth-order valence-corrected chi connectivity index (χ4v) is 2.53. The van der Waals surface area contributed by atoms with Gasteiger partial charge in [0.15, 0.2) is 0 Å². The molecule has 0 N–H and O–H groups in total. The second kappa shape index (κ2) is 4.69. The van der Waals surface area contributed by atoms with Crippen LogP contribution in [0.2, 0.25) is 0 Å². The fraction of sp³-hybridized carbons (Fsp3) is 0.0556. The van der Waals surface area contributed by atoms with Crippen molar-refractivity contribution >= 4 is 33.7 Å². The predicted molar refractivity (Wildman–Crippen MR) is 84.0 cm³/mol. The molecule has 2 aromatic carbocycles. The van der Waals surface area contributed by atoms with E-state index >= 15 is 0 Å². The molecule has 0 saturated heterocycles. The fourth-order valence-electron chi connectivity index (χ4n) is 2.53. The van der Waals surface area contributed by atoms with Gasteiger partial charge in [-0.3, -0.25) is 4.98 Å². The van der Waals surface area contributed by atoms with Crippen LogP contribution in [0.15, 0.2) is 55.3 Å². The first-order valence-corrected chi connectivity index (χ1v) is 6.40. The predicted octanol–water partition coefficient (Wildman–Crippen LogP) is 5.06. The molecular formula is C18H15N. The van der Waals surface area contributed by atoms with E-state index in [0.717, 1.165) is 16.6 Å². The molecule has 0 radical (unpaired) electrons. The highest BCUT2D eigenvalue weighted by Crippen LogP contribution is 2.30. The monoisotopic (exact) mass is 245 g/mol. The first-order valence-electron chi connectivity index (χ1n) is 6.40. The van der Waals surface area contributed by atoms with Crippen molar-refractivity contribution in [2.45, 2.75) is 6.92 Å². The van der Waals surface area contributed by atoms with E-state index in [1.807, 2.05) is 31.3 Å². The summed E-state index contributed by atoms with van der Waals surface area (Å²) in [7, 11) is 0. The van der Waals surface area contributed by atoms with E-state index in [0.29, 0.717) is 0 Å². The van der Waals surface area contributed by atoms with Crippen molar-refractivity contribution in [1.82, 2.24) is 4.98 Å². The minimum Gasteiger partial charge on any atom is -0.256 e. The zero-order chi connectivity index (χ0) is 13.2. The van der Waals surface area contributed by atoms with Crippen molar-refractivity contribution in [2.24, 2.45) is 0 Å². The Kier molecular flexibility index (Phi) is 2.88. The molecule has 0 unspecified atom stereocenters. The standard InChI is InChI=1S/C18H15N/c1-3-7-17-15(4-2)18-14(12-19-17)11-10-13-8-5-6-9-16(13)18/h3-12H,2H2,1H3/b7-3-. The quantitative estimate of drug-likeness (QED) is 0.575. The normalized spacial score (nSPS) is 11.4. The third-order valence-corrected chi connectivity index (χ3v) is 3.38. The highest BCUT2D eigenvalue weighted by Gasteiger charge is 2.07. The van der Waals surface area contributed by atoms with Crippen LogP contribution in [0.3, 0.4) is 0 Å². The lowest BCUT2D eigenvalue weighted by atomic mass is 9.97. The molecule has 3 aromatic rings. The maximum atomic E-state index is 4.52. The van der Waals surface area contributed by atoms with E-state index in [9.17, 15) is 0 Å². The number of allylic oxidation sites excluding steroid dienone is 1. The van der Waals surface area contributed by atoms with Crippen LogP contribution < -0.4 is 0 Å². The highest BCUT2D eigenvalue weighted by molar-refractivity contribution is 6.11. The van der Waals surface area contributed by atoms with Gasteiger partial charge in [-0.2, -0.15) is 0 Å². The van der Waals surface area contributed by atoms with Crippen molar-refractivity contribution in [3.63, 3.8) is 0 Å². The van der Waals surface area contributed by atoms with E-state index in [2.05, 4.69) is 48.0 Å². The summed E-state index contributed by atoms with van der Waals surface area (Å²) >= 11 is 0. The molecule has 1 heteroatoms. The second-order valence-corrected chi connectivity index (χ2v) is 4.51. The largest absolute Gasteiger partial charge is 0.256 e. The minimum atomic E-state index is 0.973. The summed E-state index contributed by atoms with van der Waals surface area (Å²) in [4.78, 5) is 4.52. The molecule has 1 aromatic heterocycles. The van der Waals surface area contributed by atoms with E-state index in [-0.39, 0.29) is 0 Å². The molecule has 0 atom stereocenters. The maximum Gasteiger partial charge on any atom is 0.0705 e. The Morgan fingerprint density at radius 3 is 2.63 bits per heavy atom. The van der Waals surface area contributed by atoms with Crippen LogP contribution in [-0.4, -0.2) is 4.98 Å². The smallest absolute Gasteiger partial charge is 0.0705 e. The molecule has 0 aliphatic rings. The number of nitrogens with zero attached hydrogens (tertiary/aromatic N) is 1. The summed E-state index contributed by atoms with van der Waals surface area (Å²) in [5.41, 5.74) is 2.08. The zero-order valence-electron chi connectivity index (χ0n) is 10.9. The summed E-state index contributed by atoms with van der Waals surface area (Å²) in [5.74, 6) is 0. The Hall–Kier alpha value is -2.41. The number of rotatable bonds is 2. The summed E-state index contributed by atoms with van der Waals surface area (Å²) in [6, 6.07) is 12.7. The Morgan fingerprint density at radius 2 is 1.84 bits per heavy atom. The van der Waals surface area contributed by atoms with Crippen molar-refractivity contribution in [2.75, 3.05) is 0 Å². The van der Waals surface area contributed by atoms with Gasteiger partial charge >= 0.3 is 0 Å². The minimum absolute atomic E-state index is 0.973. The molecule has 0 aliphatic heterocycles. The number of aromatic nitrogens is 1. The topological polar surface area (TPSA) is 12.9 Å². The molecule has 92 valence electrons. The number of hydrogen-bond donors (Lipinski definition) is 0. The average molecular weight is 245 g/mol. The first-order chi connectivity index (χ1) is 9.35. The van der Waals surface area contributed by atoms with Crippen molar-refractivity contribution in [3.05, 3.63) is 66.5 Å². The van der Waals surface area contributed by atoms with Gasteiger partial charge in [0.25, 0.3) is 0 Å². The Bertz CT molecular complexity index is 797. The van der Waals surface area contributed by atoms with Gasteiger partial charge in [0.05, 0.1) is 5.69 Å². The van der Waals surface area contributed by atoms with Gasteiger partial charge in [-0.05, 0) is 23.8 Å². The Balaban J connectivity index is 2.54.